The minimum Gasteiger partial charge on any atom is -0.378 e. The number of benzene rings is 1. The minimum absolute atomic E-state index is 0.132. The van der Waals surface area contributed by atoms with Crippen molar-refractivity contribution in [2.75, 3.05) is 37.7 Å². The molecule has 0 unspecified atom stereocenters. The molecule has 1 saturated heterocycles. The van der Waals surface area contributed by atoms with Gasteiger partial charge in [0.05, 0.1) is 18.1 Å². The van der Waals surface area contributed by atoms with Gasteiger partial charge in [-0.15, -0.1) is 11.3 Å². The highest BCUT2D eigenvalue weighted by atomic mass is 32.2. The minimum atomic E-state index is -3.63. The topological polar surface area (TPSA) is 101 Å². The molecule has 0 bridgehead atoms. The largest absolute Gasteiger partial charge is 0.378 e. The van der Waals surface area contributed by atoms with Crippen molar-refractivity contribution >= 4 is 33.1 Å². The summed E-state index contributed by atoms with van der Waals surface area (Å²) in [6.45, 7) is 3.47. The van der Waals surface area contributed by atoms with Gasteiger partial charge in [-0.25, -0.2) is 18.1 Å². The quantitative estimate of drug-likeness (QED) is 0.482. The molecule has 2 aromatic heterocycles. The number of carbonyl (C=O) groups excluding carboxylic acids is 1. The normalized spacial score (nSPS) is 14.2. The number of aromatic nitrogens is 1. The van der Waals surface area contributed by atoms with Crippen molar-refractivity contribution in [1.29, 1.82) is 0 Å². The van der Waals surface area contributed by atoms with Gasteiger partial charge in [-0.2, -0.15) is 0 Å². The van der Waals surface area contributed by atoms with Gasteiger partial charge in [0.1, 0.15) is 5.82 Å². The van der Waals surface area contributed by atoms with Gasteiger partial charge >= 0.3 is 0 Å². The van der Waals surface area contributed by atoms with Crippen LogP contribution >= 0.6 is 11.3 Å². The fourth-order valence-electron chi connectivity index (χ4n) is 3.54. The van der Waals surface area contributed by atoms with E-state index >= 15 is 0 Å². The zero-order chi connectivity index (χ0) is 23.1. The van der Waals surface area contributed by atoms with E-state index in [0.717, 1.165) is 29.3 Å². The molecule has 0 saturated carbocycles. The molecule has 1 aliphatic rings. The predicted octanol–water partition coefficient (Wildman–Crippen LogP) is 2.43. The number of rotatable bonds is 9. The third-order valence-corrected chi connectivity index (χ3v) is 7.70. The average Bonchev–Trinajstić information content (AvgIpc) is 3.37. The Morgan fingerprint density at radius 2 is 1.88 bits per heavy atom. The molecule has 0 atom stereocenters. The number of hydrogen-bond acceptors (Lipinski definition) is 7. The van der Waals surface area contributed by atoms with E-state index in [1.54, 1.807) is 17.5 Å². The molecule has 0 aliphatic carbocycles. The molecule has 174 valence electrons. The van der Waals surface area contributed by atoms with Crippen LogP contribution in [0.4, 0.5) is 5.82 Å². The van der Waals surface area contributed by atoms with Crippen LogP contribution in [0, 0.1) is 0 Å². The first-order valence-electron chi connectivity index (χ1n) is 10.7. The second-order valence-corrected chi connectivity index (χ2v) is 10.3. The van der Waals surface area contributed by atoms with Crippen LogP contribution < -0.4 is 14.9 Å². The van der Waals surface area contributed by atoms with Crippen LogP contribution in [0.25, 0.3) is 0 Å². The van der Waals surface area contributed by atoms with Crippen molar-refractivity contribution in [2.24, 2.45) is 0 Å². The number of ether oxygens (including phenoxy) is 1. The van der Waals surface area contributed by atoms with E-state index in [2.05, 4.69) is 19.9 Å². The smallest absolute Gasteiger partial charge is 0.251 e. The summed E-state index contributed by atoms with van der Waals surface area (Å²) in [4.78, 5) is 20.5. The Morgan fingerprint density at radius 1 is 1.09 bits per heavy atom. The molecular weight excluding hydrogens is 460 g/mol. The summed E-state index contributed by atoms with van der Waals surface area (Å²) >= 11 is 1.59. The summed E-state index contributed by atoms with van der Waals surface area (Å²) in [6.07, 6.45) is 2.38. The lowest BCUT2D eigenvalue weighted by Gasteiger charge is -2.29. The number of morpholine rings is 1. The Hall–Kier alpha value is -2.79. The van der Waals surface area contributed by atoms with Crippen molar-refractivity contribution in [2.45, 2.75) is 17.9 Å². The van der Waals surface area contributed by atoms with E-state index in [-0.39, 0.29) is 10.8 Å². The van der Waals surface area contributed by atoms with E-state index in [1.165, 1.54) is 24.3 Å². The van der Waals surface area contributed by atoms with Crippen LogP contribution in [0.2, 0.25) is 0 Å². The average molecular weight is 487 g/mol. The Balaban J connectivity index is 1.34. The number of pyridine rings is 1. The summed E-state index contributed by atoms with van der Waals surface area (Å²) < 4.78 is 33.0. The van der Waals surface area contributed by atoms with Crippen LogP contribution in [0.5, 0.6) is 0 Å². The molecule has 3 aromatic rings. The standard InChI is InChI=1S/C23H26N4O4S2/c28-23(25-17-19-3-1-10-24-22(19)27-12-14-31-15-13-27)18-5-7-21(8-6-18)33(29,30)26-11-9-20-4-2-16-32-20/h1-8,10,16,26H,9,11-15,17H2,(H,25,28). The third-order valence-electron chi connectivity index (χ3n) is 5.29. The molecule has 33 heavy (non-hydrogen) atoms. The molecule has 1 amide bonds. The maximum absolute atomic E-state index is 12.6. The number of hydrogen-bond donors (Lipinski definition) is 2. The second kappa shape index (κ2) is 10.9. The zero-order valence-electron chi connectivity index (χ0n) is 18.1. The molecule has 4 rings (SSSR count). The molecule has 1 aliphatic heterocycles. The van der Waals surface area contributed by atoms with Crippen LogP contribution in [-0.4, -0.2) is 52.2 Å². The number of anilines is 1. The fraction of sp³-hybridized carbons (Fsp3) is 0.304. The van der Waals surface area contributed by atoms with Crippen molar-refractivity contribution < 1.29 is 17.9 Å². The molecule has 1 aromatic carbocycles. The number of nitrogens with zero attached hydrogens (tertiary/aromatic N) is 2. The van der Waals surface area contributed by atoms with Gasteiger partial charge in [-0.3, -0.25) is 4.79 Å². The second-order valence-electron chi connectivity index (χ2n) is 7.52. The van der Waals surface area contributed by atoms with Crippen LogP contribution in [0.3, 0.4) is 0 Å². The van der Waals surface area contributed by atoms with Crippen LogP contribution in [-0.2, 0) is 27.7 Å². The summed E-state index contributed by atoms with van der Waals surface area (Å²) in [5.74, 6) is 0.567. The maximum atomic E-state index is 12.6. The van der Waals surface area contributed by atoms with Crippen molar-refractivity contribution in [3.8, 4) is 0 Å². The SMILES string of the molecule is O=C(NCc1cccnc1N1CCOCC1)c1ccc(S(=O)(=O)NCCc2cccs2)cc1. The highest BCUT2D eigenvalue weighted by Gasteiger charge is 2.17. The zero-order valence-corrected chi connectivity index (χ0v) is 19.7. The van der Waals surface area contributed by atoms with E-state index in [0.29, 0.717) is 38.3 Å². The lowest BCUT2D eigenvalue weighted by molar-refractivity contribution is 0.0950. The van der Waals surface area contributed by atoms with Gasteiger partial charge in [0.25, 0.3) is 5.91 Å². The molecule has 0 spiro atoms. The van der Waals surface area contributed by atoms with Crippen molar-refractivity contribution in [3.63, 3.8) is 0 Å². The number of sulfonamides is 1. The van der Waals surface area contributed by atoms with Crippen molar-refractivity contribution in [3.05, 3.63) is 76.1 Å². The highest BCUT2D eigenvalue weighted by molar-refractivity contribution is 7.89. The fourth-order valence-corrected chi connectivity index (χ4v) is 5.28. The first-order chi connectivity index (χ1) is 16.0. The Bertz CT molecular complexity index is 1160. The van der Waals surface area contributed by atoms with Crippen LogP contribution in [0.1, 0.15) is 20.8 Å². The van der Waals surface area contributed by atoms with Gasteiger partial charge < -0.3 is 15.0 Å². The molecule has 2 N–H and O–H groups in total. The van der Waals surface area contributed by atoms with E-state index in [9.17, 15) is 13.2 Å². The lowest BCUT2D eigenvalue weighted by atomic mass is 10.2. The number of thiophene rings is 1. The summed E-state index contributed by atoms with van der Waals surface area (Å²) in [6, 6.07) is 13.6. The van der Waals surface area contributed by atoms with Gasteiger partial charge in [-0.1, -0.05) is 12.1 Å². The summed E-state index contributed by atoms with van der Waals surface area (Å²) in [5, 5.41) is 4.87. The molecular formula is C23H26N4O4S2. The number of nitrogens with one attached hydrogen (secondary N) is 2. The first kappa shape index (κ1) is 23.4. The molecule has 1 fully saturated rings. The van der Waals surface area contributed by atoms with E-state index < -0.39 is 10.0 Å². The monoisotopic (exact) mass is 486 g/mol. The third kappa shape index (κ3) is 6.17. The van der Waals surface area contributed by atoms with Gasteiger partial charge in [0, 0.05) is 48.4 Å². The molecule has 3 heterocycles. The van der Waals surface area contributed by atoms with Gasteiger partial charge in [0.2, 0.25) is 10.0 Å². The van der Waals surface area contributed by atoms with E-state index in [4.69, 9.17) is 4.74 Å². The summed E-state index contributed by atoms with van der Waals surface area (Å²) in [5.41, 5.74) is 1.31. The number of carbonyl (C=O) groups is 1. The molecule has 8 nitrogen and oxygen atoms in total. The summed E-state index contributed by atoms with van der Waals surface area (Å²) in [7, 11) is -3.63. The predicted molar refractivity (Wildman–Crippen MR) is 128 cm³/mol. The van der Waals surface area contributed by atoms with E-state index in [1.807, 2.05) is 29.6 Å². The lowest BCUT2D eigenvalue weighted by Crippen LogP contribution is -2.37. The first-order valence-corrected chi connectivity index (χ1v) is 13.1. The van der Waals surface area contributed by atoms with Gasteiger partial charge in [0.15, 0.2) is 0 Å². The Labute approximate surface area is 197 Å². The Morgan fingerprint density at radius 3 is 2.61 bits per heavy atom. The van der Waals surface area contributed by atoms with Crippen molar-refractivity contribution in [1.82, 2.24) is 15.0 Å². The molecule has 10 heteroatoms. The highest BCUT2D eigenvalue weighted by Crippen LogP contribution is 2.19. The van der Waals surface area contributed by atoms with Gasteiger partial charge in [-0.05, 0) is 48.2 Å². The Kier molecular flexibility index (Phi) is 7.71. The maximum Gasteiger partial charge on any atom is 0.251 e. The molecule has 0 radical (unpaired) electrons. The number of amides is 1. The van der Waals surface area contributed by atoms with Crippen LogP contribution in [0.15, 0.2) is 65.0 Å².